The van der Waals surface area contributed by atoms with Crippen LogP contribution >= 0.6 is 11.3 Å². The standard InChI is InChI=1S/C7H7NS/c1-3-8-5-7-6(1)2-4-9-7/h1-2,4-5,8H,3H2. The number of thiophene rings is 1. The van der Waals surface area contributed by atoms with Gasteiger partial charge in [-0.05, 0) is 16.7 Å². The smallest absolute Gasteiger partial charge is 0.0496 e. The van der Waals surface area contributed by atoms with Crippen molar-refractivity contribution in [1.82, 2.24) is 5.32 Å². The van der Waals surface area contributed by atoms with Crippen LogP contribution in [-0.4, -0.2) is 6.54 Å². The molecule has 1 aromatic heterocycles. The summed E-state index contributed by atoms with van der Waals surface area (Å²) < 4.78 is 1.35. The van der Waals surface area contributed by atoms with Crippen LogP contribution in [0.5, 0.6) is 0 Å². The summed E-state index contributed by atoms with van der Waals surface area (Å²) in [6.45, 7) is 0.976. The van der Waals surface area contributed by atoms with Crippen molar-refractivity contribution in [3.05, 3.63) is 21.2 Å². The zero-order valence-electron chi connectivity index (χ0n) is 4.92. The van der Waals surface area contributed by atoms with Gasteiger partial charge in [0.2, 0.25) is 0 Å². The topological polar surface area (TPSA) is 12.0 Å². The van der Waals surface area contributed by atoms with Crippen molar-refractivity contribution in [1.29, 1.82) is 0 Å². The normalized spacial score (nSPS) is 14.7. The molecule has 0 aromatic carbocycles. The van der Waals surface area contributed by atoms with Gasteiger partial charge in [-0.3, -0.25) is 0 Å². The van der Waals surface area contributed by atoms with Crippen molar-refractivity contribution in [3.63, 3.8) is 0 Å². The van der Waals surface area contributed by atoms with Gasteiger partial charge in [0.15, 0.2) is 0 Å². The molecule has 0 unspecified atom stereocenters. The predicted octanol–water partition coefficient (Wildman–Crippen LogP) is -0.130. The second-order valence-corrected chi connectivity index (χ2v) is 2.94. The molecule has 9 heavy (non-hydrogen) atoms. The van der Waals surface area contributed by atoms with Gasteiger partial charge in [0.05, 0.1) is 0 Å². The van der Waals surface area contributed by atoms with Crippen molar-refractivity contribution in [2.24, 2.45) is 0 Å². The van der Waals surface area contributed by atoms with Crippen LogP contribution in [0.1, 0.15) is 0 Å². The number of nitrogens with one attached hydrogen (secondary N) is 1. The highest BCUT2D eigenvalue weighted by Gasteiger charge is 1.89. The van der Waals surface area contributed by atoms with Gasteiger partial charge >= 0.3 is 0 Å². The average Bonchev–Trinajstić information content (AvgIpc) is 2.33. The third kappa shape index (κ3) is 0.754. The van der Waals surface area contributed by atoms with Crippen LogP contribution < -0.4 is 15.1 Å². The van der Waals surface area contributed by atoms with Crippen LogP contribution in [0, 0.1) is 0 Å². The molecule has 46 valence electrons. The molecule has 2 rings (SSSR count). The number of hydrogen-bond acceptors (Lipinski definition) is 2. The Balaban J connectivity index is 2.89. The van der Waals surface area contributed by atoms with Crippen LogP contribution in [0.2, 0.25) is 0 Å². The van der Waals surface area contributed by atoms with Crippen LogP contribution in [0.4, 0.5) is 0 Å². The average molecular weight is 137 g/mol. The maximum absolute atomic E-state index is 3.16. The SMILES string of the molecule is C1=c2ccsc2=CNC1. The molecule has 2 heteroatoms. The van der Waals surface area contributed by atoms with E-state index in [9.17, 15) is 0 Å². The lowest BCUT2D eigenvalue weighted by Gasteiger charge is -1.96. The third-order valence-electron chi connectivity index (χ3n) is 1.40. The zero-order chi connectivity index (χ0) is 6.10. The van der Waals surface area contributed by atoms with E-state index in [-0.39, 0.29) is 0 Å². The number of fused-ring (bicyclic) bond motifs is 1. The lowest BCUT2D eigenvalue weighted by molar-refractivity contribution is 1.06. The quantitative estimate of drug-likeness (QED) is 0.525. The molecule has 0 spiro atoms. The first kappa shape index (κ1) is 5.06. The lowest BCUT2D eigenvalue weighted by atomic mass is 10.3. The highest BCUT2D eigenvalue weighted by molar-refractivity contribution is 7.07. The Hall–Kier alpha value is -0.760. The molecule has 0 aliphatic carbocycles. The molecule has 0 saturated carbocycles. The predicted molar refractivity (Wildman–Crippen MR) is 40.5 cm³/mol. The molecule has 1 aliphatic rings. The third-order valence-corrected chi connectivity index (χ3v) is 2.28. The summed E-state index contributed by atoms with van der Waals surface area (Å²) in [7, 11) is 0. The molecular weight excluding hydrogens is 130 g/mol. The van der Waals surface area contributed by atoms with Crippen LogP contribution in [-0.2, 0) is 0 Å². The summed E-state index contributed by atoms with van der Waals surface area (Å²) in [5.74, 6) is 0. The van der Waals surface area contributed by atoms with Gasteiger partial charge in [0.1, 0.15) is 0 Å². The van der Waals surface area contributed by atoms with Crippen LogP contribution in [0.3, 0.4) is 0 Å². The zero-order valence-corrected chi connectivity index (χ0v) is 5.74. The van der Waals surface area contributed by atoms with Crippen molar-refractivity contribution >= 4 is 23.6 Å². The monoisotopic (exact) mass is 137 g/mol. The molecule has 0 atom stereocenters. The first-order valence-corrected chi connectivity index (χ1v) is 3.82. The molecule has 0 radical (unpaired) electrons. The molecule has 1 aromatic rings. The highest BCUT2D eigenvalue weighted by Crippen LogP contribution is 1.82. The molecule has 0 fully saturated rings. The summed E-state index contributed by atoms with van der Waals surface area (Å²) >= 11 is 1.78. The molecule has 1 N–H and O–H groups in total. The van der Waals surface area contributed by atoms with Crippen molar-refractivity contribution in [3.8, 4) is 0 Å². The van der Waals surface area contributed by atoms with Crippen molar-refractivity contribution in [2.45, 2.75) is 0 Å². The van der Waals surface area contributed by atoms with E-state index in [4.69, 9.17) is 0 Å². The fraction of sp³-hybridized carbons (Fsp3) is 0.143. The van der Waals surface area contributed by atoms with E-state index in [0.717, 1.165) is 6.54 Å². The van der Waals surface area contributed by atoms with Crippen LogP contribution in [0.25, 0.3) is 12.3 Å². The highest BCUT2D eigenvalue weighted by atomic mass is 32.1. The Morgan fingerprint density at radius 1 is 1.56 bits per heavy atom. The van der Waals surface area contributed by atoms with Crippen molar-refractivity contribution < 1.29 is 0 Å². The van der Waals surface area contributed by atoms with E-state index in [1.54, 1.807) is 11.3 Å². The fourth-order valence-corrected chi connectivity index (χ4v) is 1.74. The second-order valence-electron chi connectivity index (χ2n) is 2.00. The Morgan fingerprint density at radius 3 is 3.44 bits per heavy atom. The number of hydrogen-bond donors (Lipinski definition) is 1. The molecule has 2 heterocycles. The van der Waals surface area contributed by atoms with Gasteiger partial charge in [-0.1, -0.05) is 6.08 Å². The van der Waals surface area contributed by atoms with Gasteiger partial charge in [-0.15, -0.1) is 11.3 Å². The van der Waals surface area contributed by atoms with E-state index in [2.05, 4.69) is 29.0 Å². The summed E-state index contributed by atoms with van der Waals surface area (Å²) in [6, 6.07) is 2.15. The van der Waals surface area contributed by atoms with Gasteiger partial charge in [-0.25, -0.2) is 0 Å². The van der Waals surface area contributed by atoms with Crippen LogP contribution in [0.15, 0.2) is 11.4 Å². The Morgan fingerprint density at radius 2 is 2.56 bits per heavy atom. The van der Waals surface area contributed by atoms with E-state index in [0.29, 0.717) is 0 Å². The summed E-state index contributed by atoms with van der Waals surface area (Å²) in [4.78, 5) is 0. The largest absolute Gasteiger partial charge is 0.386 e. The minimum Gasteiger partial charge on any atom is -0.386 e. The Kier molecular flexibility index (Phi) is 1.06. The van der Waals surface area contributed by atoms with Gasteiger partial charge in [-0.2, -0.15) is 0 Å². The maximum Gasteiger partial charge on any atom is 0.0496 e. The van der Waals surface area contributed by atoms with Gasteiger partial charge in [0, 0.05) is 17.3 Å². The minimum absolute atomic E-state index is 0.976. The molecular formula is C7H7NS. The number of rotatable bonds is 0. The Labute approximate surface area is 57.3 Å². The minimum atomic E-state index is 0.976. The van der Waals surface area contributed by atoms with Crippen molar-refractivity contribution in [2.75, 3.05) is 6.54 Å². The molecule has 0 saturated heterocycles. The maximum atomic E-state index is 3.16. The van der Waals surface area contributed by atoms with Gasteiger partial charge < -0.3 is 5.32 Å². The molecule has 0 amide bonds. The lowest BCUT2D eigenvalue weighted by Crippen LogP contribution is -2.28. The Bertz CT molecular complexity index is 279. The molecule has 1 aliphatic heterocycles. The summed E-state index contributed by atoms with van der Waals surface area (Å²) in [6.07, 6.45) is 4.27. The summed E-state index contributed by atoms with van der Waals surface area (Å²) in [5, 5.41) is 6.65. The van der Waals surface area contributed by atoms with Gasteiger partial charge in [0.25, 0.3) is 0 Å². The molecule has 0 bridgehead atoms. The second kappa shape index (κ2) is 1.88. The van der Waals surface area contributed by atoms with E-state index in [1.807, 2.05) is 0 Å². The van der Waals surface area contributed by atoms with E-state index in [1.165, 1.54) is 9.75 Å². The first-order chi connectivity index (χ1) is 4.47. The summed E-state index contributed by atoms with van der Waals surface area (Å²) in [5.41, 5.74) is 0. The fourth-order valence-electron chi connectivity index (χ4n) is 0.937. The first-order valence-electron chi connectivity index (χ1n) is 2.94. The molecule has 1 nitrogen and oxygen atoms in total. The van der Waals surface area contributed by atoms with E-state index >= 15 is 0 Å². The van der Waals surface area contributed by atoms with E-state index < -0.39 is 0 Å².